The van der Waals surface area contributed by atoms with Crippen molar-refractivity contribution >= 4 is 11.9 Å². The van der Waals surface area contributed by atoms with Crippen molar-refractivity contribution < 1.29 is 14.0 Å². The first-order valence-electron chi connectivity index (χ1n) is 6.49. The summed E-state index contributed by atoms with van der Waals surface area (Å²) in [5, 5.41) is 5.06. The summed E-state index contributed by atoms with van der Waals surface area (Å²) in [6.07, 6.45) is 0.389. The number of rotatable bonds is 6. The molecule has 1 aromatic carbocycles. The van der Waals surface area contributed by atoms with E-state index in [0.29, 0.717) is 18.5 Å². The quantitative estimate of drug-likeness (QED) is 0.731. The Kier molecular flexibility index (Phi) is 5.96. The van der Waals surface area contributed by atoms with Crippen LogP contribution in [0, 0.1) is 11.7 Å². The van der Waals surface area contributed by atoms with Gasteiger partial charge in [-0.05, 0) is 24.0 Å². The molecule has 5 nitrogen and oxygen atoms in total. The highest BCUT2D eigenvalue weighted by molar-refractivity contribution is 5.86. The zero-order valence-electron chi connectivity index (χ0n) is 11.7. The Bertz CT molecular complexity index is 477. The summed E-state index contributed by atoms with van der Waals surface area (Å²) in [5.41, 5.74) is 5.57. The van der Waals surface area contributed by atoms with Crippen LogP contribution in [0.4, 0.5) is 9.18 Å². The normalized spacial score (nSPS) is 12.0. The molecule has 110 valence electrons. The fourth-order valence-corrected chi connectivity index (χ4v) is 1.82. The molecule has 1 unspecified atom stereocenters. The maximum Gasteiger partial charge on any atom is 0.312 e. The molecule has 1 aromatic rings. The summed E-state index contributed by atoms with van der Waals surface area (Å²) < 4.78 is 13.4. The van der Waals surface area contributed by atoms with Crippen molar-refractivity contribution in [1.82, 2.24) is 10.6 Å². The van der Waals surface area contributed by atoms with Crippen LogP contribution in [0.5, 0.6) is 0 Å². The average Bonchev–Trinajstić information content (AvgIpc) is 2.37. The van der Waals surface area contributed by atoms with Crippen LogP contribution in [0.3, 0.4) is 0 Å². The number of hydrogen-bond acceptors (Lipinski definition) is 2. The number of carbonyl (C=O) groups is 2. The molecule has 0 fully saturated rings. The fourth-order valence-electron chi connectivity index (χ4n) is 1.82. The predicted molar refractivity (Wildman–Crippen MR) is 74.5 cm³/mol. The molecule has 0 aliphatic carbocycles. The highest BCUT2D eigenvalue weighted by atomic mass is 19.1. The van der Waals surface area contributed by atoms with Crippen molar-refractivity contribution in [3.8, 4) is 0 Å². The van der Waals surface area contributed by atoms with E-state index in [-0.39, 0.29) is 17.6 Å². The lowest BCUT2D eigenvalue weighted by Crippen LogP contribution is -2.51. The third-order valence-corrected chi connectivity index (χ3v) is 2.90. The average molecular weight is 281 g/mol. The fraction of sp³-hybridized carbons (Fsp3) is 0.429. The van der Waals surface area contributed by atoms with E-state index in [2.05, 4.69) is 10.6 Å². The van der Waals surface area contributed by atoms with Gasteiger partial charge < -0.3 is 16.4 Å². The Hall–Kier alpha value is -2.11. The zero-order valence-corrected chi connectivity index (χ0v) is 11.7. The van der Waals surface area contributed by atoms with Gasteiger partial charge in [0.1, 0.15) is 11.9 Å². The molecule has 0 spiro atoms. The van der Waals surface area contributed by atoms with Crippen molar-refractivity contribution in [1.29, 1.82) is 0 Å². The Morgan fingerprint density at radius 3 is 2.50 bits per heavy atom. The number of benzene rings is 1. The second-order valence-corrected chi connectivity index (χ2v) is 4.86. The van der Waals surface area contributed by atoms with Gasteiger partial charge in [0.15, 0.2) is 0 Å². The van der Waals surface area contributed by atoms with E-state index in [1.165, 1.54) is 6.07 Å². The van der Waals surface area contributed by atoms with Crippen molar-refractivity contribution in [2.75, 3.05) is 6.54 Å². The van der Waals surface area contributed by atoms with E-state index in [1.54, 1.807) is 32.0 Å². The van der Waals surface area contributed by atoms with Crippen LogP contribution >= 0.6 is 0 Å². The number of nitrogens with two attached hydrogens (primary N) is 1. The number of carbonyl (C=O) groups excluding carboxylic acids is 2. The summed E-state index contributed by atoms with van der Waals surface area (Å²) in [7, 11) is 0. The third-order valence-electron chi connectivity index (χ3n) is 2.90. The van der Waals surface area contributed by atoms with E-state index in [4.69, 9.17) is 5.73 Å². The number of hydrogen-bond donors (Lipinski definition) is 3. The second kappa shape index (κ2) is 7.47. The monoisotopic (exact) mass is 281 g/mol. The first kappa shape index (κ1) is 15.9. The van der Waals surface area contributed by atoms with Gasteiger partial charge >= 0.3 is 6.03 Å². The highest BCUT2D eigenvalue weighted by Crippen LogP contribution is 2.06. The van der Waals surface area contributed by atoms with Crippen LogP contribution in [0.1, 0.15) is 19.4 Å². The molecule has 0 aliphatic heterocycles. The Morgan fingerprint density at radius 2 is 1.95 bits per heavy atom. The second-order valence-electron chi connectivity index (χ2n) is 4.86. The van der Waals surface area contributed by atoms with Gasteiger partial charge in [-0.15, -0.1) is 0 Å². The van der Waals surface area contributed by atoms with E-state index in [0.717, 1.165) is 0 Å². The number of nitrogens with one attached hydrogen (secondary N) is 2. The summed E-state index contributed by atoms with van der Waals surface area (Å²) in [5.74, 6) is -0.705. The zero-order chi connectivity index (χ0) is 15.1. The summed E-state index contributed by atoms with van der Waals surface area (Å²) in [6.45, 7) is 3.90. The van der Waals surface area contributed by atoms with Gasteiger partial charge in [-0.2, -0.15) is 0 Å². The van der Waals surface area contributed by atoms with Gasteiger partial charge in [-0.3, -0.25) is 4.79 Å². The molecule has 0 radical (unpaired) electrons. The Balaban J connectivity index is 2.49. The van der Waals surface area contributed by atoms with Crippen LogP contribution in [0.2, 0.25) is 0 Å². The van der Waals surface area contributed by atoms with Crippen molar-refractivity contribution in [2.45, 2.75) is 26.3 Å². The van der Waals surface area contributed by atoms with Gasteiger partial charge in [-0.25, -0.2) is 9.18 Å². The number of halogens is 1. The molecule has 4 N–H and O–H groups in total. The molecule has 0 bridgehead atoms. The Labute approximate surface area is 117 Å². The lowest BCUT2D eigenvalue weighted by atomic mass is 10.0. The van der Waals surface area contributed by atoms with Gasteiger partial charge in [-0.1, -0.05) is 32.0 Å². The SMILES string of the molecule is CC(C)C(NC(N)=O)C(=O)NCCc1ccccc1F. The standard InChI is InChI=1S/C14H20FN3O2/c1-9(2)12(18-14(16)20)13(19)17-8-7-10-5-3-4-6-11(10)15/h3-6,9,12H,7-8H2,1-2H3,(H,17,19)(H3,16,18,20). The summed E-state index contributed by atoms with van der Waals surface area (Å²) in [4.78, 5) is 22.8. The molecule has 3 amide bonds. The summed E-state index contributed by atoms with van der Waals surface area (Å²) >= 11 is 0. The van der Waals surface area contributed by atoms with E-state index >= 15 is 0 Å². The molecule has 0 aromatic heterocycles. The maximum atomic E-state index is 13.4. The smallest absolute Gasteiger partial charge is 0.312 e. The Morgan fingerprint density at radius 1 is 1.30 bits per heavy atom. The molecule has 1 atom stereocenters. The first-order valence-corrected chi connectivity index (χ1v) is 6.49. The largest absolute Gasteiger partial charge is 0.354 e. The lowest BCUT2D eigenvalue weighted by molar-refractivity contribution is -0.123. The molecule has 1 rings (SSSR count). The highest BCUT2D eigenvalue weighted by Gasteiger charge is 2.22. The topological polar surface area (TPSA) is 84.2 Å². The minimum absolute atomic E-state index is 0.0871. The number of primary amides is 1. The third kappa shape index (κ3) is 4.87. The van der Waals surface area contributed by atoms with Gasteiger partial charge in [0.05, 0.1) is 0 Å². The van der Waals surface area contributed by atoms with Gasteiger partial charge in [0.25, 0.3) is 0 Å². The van der Waals surface area contributed by atoms with Crippen LogP contribution < -0.4 is 16.4 Å². The van der Waals surface area contributed by atoms with Gasteiger partial charge in [0.2, 0.25) is 5.91 Å². The molecule has 6 heteroatoms. The lowest BCUT2D eigenvalue weighted by Gasteiger charge is -2.20. The number of urea groups is 1. The maximum absolute atomic E-state index is 13.4. The van der Waals surface area contributed by atoms with E-state index in [9.17, 15) is 14.0 Å². The number of amides is 3. The molecular formula is C14H20FN3O2. The summed E-state index contributed by atoms with van der Waals surface area (Å²) in [6, 6.07) is 4.97. The van der Waals surface area contributed by atoms with Crippen molar-refractivity contribution in [2.24, 2.45) is 11.7 Å². The minimum atomic E-state index is -0.743. The molecule has 0 aliphatic rings. The molecule has 0 saturated carbocycles. The van der Waals surface area contributed by atoms with E-state index < -0.39 is 12.1 Å². The van der Waals surface area contributed by atoms with E-state index in [1.807, 2.05) is 0 Å². The molecule has 0 heterocycles. The van der Waals surface area contributed by atoms with Crippen LogP contribution in [-0.2, 0) is 11.2 Å². The van der Waals surface area contributed by atoms with Crippen LogP contribution in [-0.4, -0.2) is 24.5 Å². The van der Waals surface area contributed by atoms with Crippen LogP contribution in [0.15, 0.2) is 24.3 Å². The minimum Gasteiger partial charge on any atom is -0.354 e. The molecule has 0 saturated heterocycles. The van der Waals surface area contributed by atoms with Crippen molar-refractivity contribution in [3.05, 3.63) is 35.6 Å². The van der Waals surface area contributed by atoms with Gasteiger partial charge in [0, 0.05) is 6.54 Å². The van der Waals surface area contributed by atoms with Crippen molar-refractivity contribution in [3.63, 3.8) is 0 Å². The first-order chi connectivity index (χ1) is 9.41. The molecule has 20 heavy (non-hydrogen) atoms. The van der Waals surface area contributed by atoms with Crippen LogP contribution in [0.25, 0.3) is 0 Å². The predicted octanol–water partition coefficient (Wildman–Crippen LogP) is 1.18. The molecular weight excluding hydrogens is 261 g/mol.